The van der Waals surface area contributed by atoms with E-state index in [2.05, 4.69) is 15.2 Å². The second-order valence-electron chi connectivity index (χ2n) is 3.88. The van der Waals surface area contributed by atoms with E-state index >= 15 is 0 Å². The van der Waals surface area contributed by atoms with Gasteiger partial charge in [-0.15, -0.1) is 0 Å². The van der Waals surface area contributed by atoms with Gasteiger partial charge in [0.2, 0.25) is 10.0 Å². The third-order valence-electron chi connectivity index (χ3n) is 2.52. The number of sulfonamides is 1. The highest BCUT2D eigenvalue weighted by Gasteiger charge is 2.22. The van der Waals surface area contributed by atoms with E-state index in [0.717, 1.165) is 10.4 Å². The number of nitrogens with two attached hydrogens (primary N) is 1. The molecule has 0 bridgehead atoms. The molecule has 1 heterocycles. The molecule has 2 rings (SSSR count). The molecule has 19 heavy (non-hydrogen) atoms. The fourth-order valence-electron chi connectivity index (χ4n) is 1.45. The number of hydrogen-bond acceptors (Lipinski definition) is 5. The molecule has 2 aromatic rings. The van der Waals surface area contributed by atoms with Crippen molar-refractivity contribution in [1.82, 2.24) is 19.5 Å². The summed E-state index contributed by atoms with van der Waals surface area (Å²) in [5.74, 6) is -0.379. The van der Waals surface area contributed by atoms with Crippen molar-refractivity contribution in [2.45, 2.75) is 11.4 Å². The monoisotopic (exact) mass is 285 g/mol. The van der Waals surface area contributed by atoms with Crippen LogP contribution in [0.3, 0.4) is 0 Å². The van der Waals surface area contributed by atoms with E-state index in [4.69, 9.17) is 5.73 Å². The highest BCUT2D eigenvalue weighted by molar-refractivity contribution is 7.89. The number of anilines is 1. The number of rotatable bonds is 4. The Labute approximate surface area is 109 Å². The molecule has 0 aliphatic heterocycles. The van der Waals surface area contributed by atoms with Gasteiger partial charge in [0.15, 0.2) is 0 Å². The smallest absolute Gasteiger partial charge is 0.243 e. The Kier molecular flexibility index (Phi) is 3.49. The summed E-state index contributed by atoms with van der Waals surface area (Å²) in [5.41, 5.74) is 5.21. The van der Waals surface area contributed by atoms with Gasteiger partial charge in [-0.3, -0.25) is 5.10 Å². The summed E-state index contributed by atoms with van der Waals surface area (Å²) in [6.45, 7) is 0.00826. The zero-order chi connectivity index (χ0) is 14.0. The average molecular weight is 285 g/mol. The molecule has 0 atom stereocenters. The molecular formula is C10H12FN5O2S. The minimum atomic E-state index is -3.80. The Morgan fingerprint density at radius 2 is 2.21 bits per heavy atom. The van der Waals surface area contributed by atoms with Crippen molar-refractivity contribution in [3.8, 4) is 0 Å². The van der Waals surface area contributed by atoms with E-state index in [0.29, 0.717) is 5.82 Å². The standard InChI is InChI=1S/C10H12FN5O2S/c1-16(5-10-13-6-14-15-10)19(17,18)7-2-3-9(12)8(11)4-7/h2-4,6H,5,12H2,1H3,(H,13,14,15). The largest absolute Gasteiger partial charge is 0.396 e. The van der Waals surface area contributed by atoms with Crippen molar-refractivity contribution in [1.29, 1.82) is 0 Å². The van der Waals surface area contributed by atoms with Gasteiger partial charge in [0.05, 0.1) is 17.1 Å². The Morgan fingerprint density at radius 3 is 2.79 bits per heavy atom. The molecule has 7 nitrogen and oxygen atoms in total. The molecule has 0 aliphatic rings. The van der Waals surface area contributed by atoms with Crippen LogP contribution in [0, 0.1) is 5.82 Å². The molecule has 9 heteroatoms. The summed E-state index contributed by atoms with van der Waals surface area (Å²) in [7, 11) is -2.44. The molecule has 0 saturated carbocycles. The van der Waals surface area contributed by atoms with Crippen molar-refractivity contribution in [3.05, 3.63) is 36.2 Å². The van der Waals surface area contributed by atoms with Gasteiger partial charge in [-0.25, -0.2) is 17.8 Å². The molecule has 0 amide bonds. The van der Waals surface area contributed by atoms with Crippen molar-refractivity contribution < 1.29 is 12.8 Å². The van der Waals surface area contributed by atoms with Gasteiger partial charge < -0.3 is 5.73 Å². The maximum Gasteiger partial charge on any atom is 0.243 e. The number of hydrogen-bond donors (Lipinski definition) is 2. The lowest BCUT2D eigenvalue weighted by Gasteiger charge is -2.15. The Balaban J connectivity index is 2.28. The van der Waals surface area contributed by atoms with Crippen LogP contribution in [0.2, 0.25) is 0 Å². The number of H-pyrrole nitrogens is 1. The summed E-state index contributed by atoms with van der Waals surface area (Å²) >= 11 is 0. The maximum atomic E-state index is 13.3. The number of benzene rings is 1. The average Bonchev–Trinajstić information content (AvgIpc) is 2.85. The summed E-state index contributed by atoms with van der Waals surface area (Å²) in [4.78, 5) is 3.66. The topological polar surface area (TPSA) is 105 Å². The van der Waals surface area contributed by atoms with Crippen LogP contribution in [-0.2, 0) is 16.6 Å². The molecule has 3 N–H and O–H groups in total. The fourth-order valence-corrected chi connectivity index (χ4v) is 2.60. The van der Waals surface area contributed by atoms with Gasteiger partial charge in [-0.05, 0) is 18.2 Å². The maximum absolute atomic E-state index is 13.3. The highest BCUT2D eigenvalue weighted by atomic mass is 32.2. The molecule has 1 aromatic heterocycles. The second-order valence-corrected chi connectivity index (χ2v) is 5.92. The lowest BCUT2D eigenvalue weighted by molar-refractivity contribution is 0.456. The van der Waals surface area contributed by atoms with Gasteiger partial charge in [-0.2, -0.15) is 9.40 Å². The van der Waals surface area contributed by atoms with E-state index in [-0.39, 0.29) is 17.1 Å². The molecular weight excluding hydrogens is 273 g/mol. The molecule has 0 unspecified atom stereocenters. The van der Waals surface area contributed by atoms with Crippen LogP contribution >= 0.6 is 0 Å². The Hall–Kier alpha value is -2.00. The van der Waals surface area contributed by atoms with E-state index in [1.807, 2.05) is 0 Å². The molecule has 1 aromatic carbocycles. The van der Waals surface area contributed by atoms with Gasteiger partial charge in [0, 0.05) is 7.05 Å². The summed E-state index contributed by atoms with van der Waals surface area (Å²) < 4.78 is 38.7. The van der Waals surface area contributed by atoms with Gasteiger partial charge in [-0.1, -0.05) is 0 Å². The van der Waals surface area contributed by atoms with E-state index in [1.165, 1.54) is 25.5 Å². The normalized spacial score (nSPS) is 11.9. The molecule has 0 aliphatic carbocycles. The van der Waals surface area contributed by atoms with Crippen LogP contribution in [0.1, 0.15) is 5.82 Å². The number of nitrogens with zero attached hydrogens (tertiary/aromatic N) is 3. The van der Waals surface area contributed by atoms with Gasteiger partial charge in [0.1, 0.15) is 18.0 Å². The van der Waals surface area contributed by atoms with E-state index in [9.17, 15) is 12.8 Å². The number of aromatic nitrogens is 3. The van der Waals surface area contributed by atoms with Crippen molar-refractivity contribution in [2.75, 3.05) is 12.8 Å². The number of nitrogen functional groups attached to an aromatic ring is 1. The molecule has 0 fully saturated rings. The third-order valence-corrected chi connectivity index (χ3v) is 4.32. The number of nitrogens with one attached hydrogen (secondary N) is 1. The van der Waals surface area contributed by atoms with Gasteiger partial charge in [0.25, 0.3) is 0 Å². The van der Waals surface area contributed by atoms with Gasteiger partial charge >= 0.3 is 0 Å². The molecule has 0 radical (unpaired) electrons. The van der Waals surface area contributed by atoms with E-state index in [1.54, 1.807) is 0 Å². The first-order valence-corrected chi connectivity index (χ1v) is 6.71. The first-order chi connectivity index (χ1) is 8.91. The van der Waals surface area contributed by atoms with Crippen molar-refractivity contribution >= 4 is 15.7 Å². The minimum absolute atomic E-state index is 0.00826. The summed E-state index contributed by atoms with van der Waals surface area (Å²) in [5, 5.41) is 6.17. The lowest BCUT2D eigenvalue weighted by atomic mass is 10.3. The van der Waals surface area contributed by atoms with Crippen molar-refractivity contribution in [2.24, 2.45) is 0 Å². The lowest BCUT2D eigenvalue weighted by Crippen LogP contribution is -2.27. The summed E-state index contributed by atoms with van der Waals surface area (Å²) in [6.07, 6.45) is 1.28. The van der Waals surface area contributed by atoms with Crippen LogP contribution in [0.4, 0.5) is 10.1 Å². The minimum Gasteiger partial charge on any atom is -0.396 e. The number of halogens is 1. The van der Waals surface area contributed by atoms with Crippen LogP contribution in [-0.4, -0.2) is 35.0 Å². The molecule has 102 valence electrons. The fraction of sp³-hybridized carbons (Fsp3) is 0.200. The predicted octanol–water partition coefficient (Wildman–Crippen LogP) is 0.347. The quantitative estimate of drug-likeness (QED) is 0.788. The molecule has 0 spiro atoms. The first kappa shape index (κ1) is 13.4. The Bertz CT molecular complexity index is 671. The van der Waals surface area contributed by atoms with Crippen LogP contribution in [0.5, 0.6) is 0 Å². The van der Waals surface area contributed by atoms with Crippen LogP contribution in [0.15, 0.2) is 29.4 Å². The zero-order valence-corrected chi connectivity index (χ0v) is 10.9. The SMILES string of the molecule is CN(Cc1ncn[nH]1)S(=O)(=O)c1ccc(N)c(F)c1. The van der Waals surface area contributed by atoms with Crippen LogP contribution < -0.4 is 5.73 Å². The highest BCUT2D eigenvalue weighted by Crippen LogP contribution is 2.19. The first-order valence-electron chi connectivity index (χ1n) is 5.27. The third kappa shape index (κ3) is 2.71. The second kappa shape index (κ2) is 4.94. The van der Waals surface area contributed by atoms with Crippen LogP contribution in [0.25, 0.3) is 0 Å². The van der Waals surface area contributed by atoms with E-state index < -0.39 is 15.8 Å². The predicted molar refractivity (Wildman–Crippen MR) is 65.8 cm³/mol. The van der Waals surface area contributed by atoms with Crippen molar-refractivity contribution in [3.63, 3.8) is 0 Å². The molecule has 0 saturated heterocycles. The zero-order valence-electron chi connectivity index (χ0n) is 10.0. The Morgan fingerprint density at radius 1 is 1.47 bits per heavy atom. The number of aromatic amines is 1. The summed E-state index contributed by atoms with van der Waals surface area (Å²) in [6, 6.07) is 3.36.